The largest absolute Gasteiger partial charge is 0.0654 e. The van der Waals surface area contributed by atoms with Gasteiger partial charge in [-0.2, -0.15) is 0 Å². The van der Waals surface area contributed by atoms with Crippen LogP contribution in [0.2, 0.25) is 0 Å². The van der Waals surface area contributed by atoms with Crippen LogP contribution in [-0.2, 0) is 6.42 Å². The van der Waals surface area contributed by atoms with Gasteiger partial charge in [0.1, 0.15) is 0 Å². The van der Waals surface area contributed by atoms with Crippen LogP contribution in [-0.4, -0.2) is 11.0 Å². The van der Waals surface area contributed by atoms with Crippen LogP contribution in [0, 0.1) is 0 Å². The maximum Gasteiger partial charge on any atom is -0.0149 e. The second-order valence-corrected chi connectivity index (χ2v) is 4.13. The molecular formula is C16H22Si. The normalized spacial score (nSPS) is 9.71. The van der Waals surface area contributed by atoms with E-state index in [9.17, 15) is 0 Å². The Labute approximate surface area is 109 Å². The monoisotopic (exact) mass is 242 g/mol. The number of benzene rings is 2. The van der Waals surface area contributed by atoms with E-state index in [4.69, 9.17) is 0 Å². The SMILES string of the molecule is CCCCc1ccccc1-c1ccccc1.[SiH4]. The van der Waals surface area contributed by atoms with Crippen molar-refractivity contribution < 1.29 is 0 Å². The van der Waals surface area contributed by atoms with Crippen molar-refractivity contribution in [1.29, 1.82) is 0 Å². The van der Waals surface area contributed by atoms with Gasteiger partial charge < -0.3 is 0 Å². The first kappa shape index (κ1) is 13.7. The molecule has 0 saturated carbocycles. The fourth-order valence-corrected chi connectivity index (χ4v) is 2.00. The zero-order valence-electron chi connectivity index (χ0n) is 9.82. The van der Waals surface area contributed by atoms with Gasteiger partial charge in [-0.1, -0.05) is 67.9 Å². The minimum Gasteiger partial charge on any atom is -0.0654 e. The Kier molecular flexibility index (Phi) is 5.71. The van der Waals surface area contributed by atoms with Gasteiger partial charge >= 0.3 is 0 Å². The average Bonchev–Trinajstić information content (AvgIpc) is 2.38. The van der Waals surface area contributed by atoms with Crippen LogP contribution in [0.15, 0.2) is 54.6 Å². The predicted molar refractivity (Wildman–Crippen MR) is 81.8 cm³/mol. The lowest BCUT2D eigenvalue weighted by Crippen LogP contribution is -1.89. The highest BCUT2D eigenvalue weighted by atomic mass is 28.1. The van der Waals surface area contributed by atoms with E-state index in [-0.39, 0.29) is 11.0 Å². The third-order valence-electron chi connectivity index (χ3n) is 2.90. The Morgan fingerprint density at radius 1 is 0.824 bits per heavy atom. The number of unbranched alkanes of at least 4 members (excludes halogenated alkanes) is 1. The summed E-state index contributed by atoms with van der Waals surface area (Å²) >= 11 is 0. The summed E-state index contributed by atoms with van der Waals surface area (Å²) in [4.78, 5) is 0. The Morgan fingerprint density at radius 3 is 2.18 bits per heavy atom. The van der Waals surface area contributed by atoms with Crippen molar-refractivity contribution in [3.8, 4) is 11.1 Å². The van der Waals surface area contributed by atoms with Gasteiger partial charge in [0.15, 0.2) is 0 Å². The summed E-state index contributed by atoms with van der Waals surface area (Å²) in [6, 6.07) is 19.4. The third kappa shape index (κ3) is 3.57. The molecule has 0 bridgehead atoms. The smallest absolute Gasteiger partial charge is 0.0149 e. The van der Waals surface area contributed by atoms with Gasteiger partial charge in [0.2, 0.25) is 0 Å². The Balaban J connectivity index is 0.00000144. The van der Waals surface area contributed by atoms with E-state index in [2.05, 4.69) is 61.5 Å². The van der Waals surface area contributed by atoms with E-state index in [1.54, 1.807) is 0 Å². The van der Waals surface area contributed by atoms with Gasteiger partial charge in [0, 0.05) is 0 Å². The second kappa shape index (κ2) is 7.07. The molecular weight excluding hydrogens is 220 g/mol. The van der Waals surface area contributed by atoms with Crippen molar-refractivity contribution in [2.24, 2.45) is 0 Å². The molecule has 0 N–H and O–H groups in total. The second-order valence-electron chi connectivity index (χ2n) is 4.13. The van der Waals surface area contributed by atoms with Crippen molar-refractivity contribution >= 4 is 11.0 Å². The Bertz CT molecular complexity index is 434. The number of aryl methyl sites for hydroxylation is 1. The van der Waals surface area contributed by atoms with E-state index in [1.807, 2.05) is 0 Å². The van der Waals surface area contributed by atoms with Gasteiger partial charge in [0.05, 0.1) is 0 Å². The molecule has 0 saturated heterocycles. The Hall–Kier alpha value is -1.34. The summed E-state index contributed by atoms with van der Waals surface area (Å²) in [7, 11) is 0. The first-order chi connectivity index (χ1) is 7.92. The van der Waals surface area contributed by atoms with Crippen molar-refractivity contribution in [3.63, 3.8) is 0 Å². The van der Waals surface area contributed by atoms with Crippen LogP contribution in [0.3, 0.4) is 0 Å². The zero-order chi connectivity index (χ0) is 11.2. The molecule has 0 aliphatic rings. The number of hydrogen-bond acceptors (Lipinski definition) is 0. The lowest BCUT2D eigenvalue weighted by Gasteiger charge is -2.08. The first-order valence-electron chi connectivity index (χ1n) is 6.05. The van der Waals surface area contributed by atoms with Crippen LogP contribution in [0.1, 0.15) is 25.3 Å². The predicted octanol–water partition coefficient (Wildman–Crippen LogP) is 3.24. The molecule has 1 heteroatoms. The molecule has 90 valence electrons. The summed E-state index contributed by atoms with van der Waals surface area (Å²) in [5.74, 6) is 0. The van der Waals surface area contributed by atoms with Gasteiger partial charge in [-0.05, 0) is 40.5 Å². The highest BCUT2D eigenvalue weighted by Crippen LogP contribution is 2.24. The zero-order valence-corrected chi connectivity index (χ0v) is 9.82. The molecule has 0 aromatic heterocycles. The van der Waals surface area contributed by atoms with E-state index >= 15 is 0 Å². The molecule has 0 unspecified atom stereocenters. The van der Waals surface area contributed by atoms with Crippen LogP contribution in [0.25, 0.3) is 11.1 Å². The number of rotatable bonds is 4. The van der Waals surface area contributed by atoms with E-state index in [0.717, 1.165) is 0 Å². The molecule has 17 heavy (non-hydrogen) atoms. The molecule has 2 aromatic carbocycles. The van der Waals surface area contributed by atoms with Gasteiger partial charge in [-0.3, -0.25) is 0 Å². The maximum atomic E-state index is 2.25. The summed E-state index contributed by atoms with van der Waals surface area (Å²) < 4.78 is 0. The van der Waals surface area contributed by atoms with Gasteiger partial charge in [-0.25, -0.2) is 0 Å². The van der Waals surface area contributed by atoms with Crippen LogP contribution >= 0.6 is 0 Å². The molecule has 0 heterocycles. The maximum absolute atomic E-state index is 2.25. The molecule has 0 aliphatic carbocycles. The molecule has 0 fully saturated rings. The highest BCUT2D eigenvalue weighted by Gasteiger charge is 2.02. The average molecular weight is 242 g/mol. The van der Waals surface area contributed by atoms with Crippen molar-refractivity contribution in [3.05, 3.63) is 60.2 Å². The first-order valence-corrected chi connectivity index (χ1v) is 6.05. The van der Waals surface area contributed by atoms with Crippen LogP contribution < -0.4 is 0 Å². The minimum atomic E-state index is 0. The molecule has 0 amide bonds. The highest BCUT2D eigenvalue weighted by molar-refractivity contribution is 5.75. The fourth-order valence-electron chi connectivity index (χ4n) is 2.00. The van der Waals surface area contributed by atoms with Crippen LogP contribution in [0.5, 0.6) is 0 Å². The van der Waals surface area contributed by atoms with Crippen molar-refractivity contribution in [1.82, 2.24) is 0 Å². The lowest BCUT2D eigenvalue weighted by atomic mass is 9.96. The molecule has 2 rings (SSSR count). The lowest BCUT2D eigenvalue weighted by molar-refractivity contribution is 0.796. The summed E-state index contributed by atoms with van der Waals surface area (Å²) in [5.41, 5.74) is 4.18. The topological polar surface area (TPSA) is 0 Å². The standard InChI is InChI=1S/C16H18.H4Si/c1-2-3-9-14-12-7-8-13-16(14)15-10-5-4-6-11-15;/h4-8,10-13H,2-3,9H2,1H3;1H4. The van der Waals surface area contributed by atoms with Gasteiger partial charge in [0.25, 0.3) is 0 Å². The molecule has 0 aliphatic heterocycles. The summed E-state index contributed by atoms with van der Waals surface area (Å²) in [5, 5.41) is 0. The van der Waals surface area contributed by atoms with Crippen molar-refractivity contribution in [2.45, 2.75) is 26.2 Å². The number of hydrogen-bond donors (Lipinski definition) is 0. The Morgan fingerprint density at radius 2 is 1.47 bits per heavy atom. The molecule has 0 nitrogen and oxygen atoms in total. The molecule has 0 spiro atoms. The molecule has 2 aromatic rings. The molecule has 0 atom stereocenters. The summed E-state index contributed by atoms with van der Waals surface area (Å²) in [6.07, 6.45) is 3.70. The fraction of sp³-hybridized carbons (Fsp3) is 0.250. The van der Waals surface area contributed by atoms with Crippen LogP contribution in [0.4, 0.5) is 0 Å². The van der Waals surface area contributed by atoms with Gasteiger partial charge in [-0.15, -0.1) is 0 Å². The summed E-state index contributed by atoms with van der Waals surface area (Å²) in [6.45, 7) is 2.24. The molecule has 0 radical (unpaired) electrons. The third-order valence-corrected chi connectivity index (χ3v) is 2.90. The van der Waals surface area contributed by atoms with E-state index in [0.29, 0.717) is 0 Å². The quantitative estimate of drug-likeness (QED) is 0.722. The minimum absolute atomic E-state index is 0. The van der Waals surface area contributed by atoms with Crippen molar-refractivity contribution in [2.75, 3.05) is 0 Å². The van der Waals surface area contributed by atoms with E-state index in [1.165, 1.54) is 36.0 Å². The van der Waals surface area contributed by atoms with E-state index < -0.39 is 0 Å².